The minimum absolute atomic E-state index is 0.00814. The Morgan fingerprint density at radius 1 is 1.19 bits per heavy atom. The summed E-state index contributed by atoms with van der Waals surface area (Å²) in [6.45, 7) is 5.32. The highest BCUT2D eigenvalue weighted by atomic mass is 19.4. The summed E-state index contributed by atoms with van der Waals surface area (Å²) >= 11 is 0. The fraction of sp³-hybridized carbons (Fsp3) is 0.500. The average Bonchev–Trinajstić information content (AvgIpc) is 3.18. The van der Waals surface area contributed by atoms with Gasteiger partial charge in [0.1, 0.15) is 16.9 Å². The van der Waals surface area contributed by atoms with Crippen LogP contribution >= 0.6 is 0 Å². The zero-order valence-corrected chi connectivity index (χ0v) is 18.4. The molecule has 1 aromatic carbocycles. The third-order valence-corrected chi connectivity index (χ3v) is 5.01. The van der Waals surface area contributed by atoms with Gasteiger partial charge in [-0.25, -0.2) is 9.48 Å². The monoisotopic (exact) mass is 453 g/mol. The maximum atomic E-state index is 13.6. The van der Waals surface area contributed by atoms with Crippen LogP contribution in [0.3, 0.4) is 0 Å². The number of ether oxygens (including phenoxy) is 2. The van der Waals surface area contributed by atoms with E-state index in [9.17, 15) is 22.8 Å². The molecule has 174 valence electrons. The van der Waals surface area contributed by atoms with E-state index >= 15 is 0 Å². The molecular weight excluding hydrogens is 427 g/mol. The van der Waals surface area contributed by atoms with Crippen LogP contribution in [0.5, 0.6) is 5.75 Å². The molecule has 1 fully saturated rings. The molecule has 1 saturated heterocycles. The van der Waals surface area contributed by atoms with Gasteiger partial charge in [0.2, 0.25) is 0 Å². The molecule has 1 aliphatic rings. The fourth-order valence-electron chi connectivity index (χ4n) is 3.55. The van der Waals surface area contributed by atoms with E-state index in [0.29, 0.717) is 30.7 Å². The third-order valence-electron chi connectivity index (χ3n) is 5.01. The van der Waals surface area contributed by atoms with Crippen LogP contribution in [-0.2, 0) is 17.5 Å². The molecule has 1 atom stereocenters. The van der Waals surface area contributed by atoms with Gasteiger partial charge in [-0.1, -0.05) is 12.1 Å². The Morgan fingerprint density at radius 2 is 1.84 bits per heavy atom. The minimum atomic E-state index is -4.86. The minimum Gasteiger partial charge on any atom is -0.497 e. The Kier molecular flexibility index (Phi) is 6.52. The van der Waals surface area contributed by atoms with Crippen molar-refractivity contribution in [2.45, 2.75) is 58.0 Å². The van der Waals surface area contributed by atoms with E-state index in [1.54, 1.807) is 45.0 Å². The van der Waals surface area contributed by atoms with Crippen molar-refractivity contribution >= 4 is 6.09 Å². The van der Waals surface area contributed by atoms with Crippen LogP contribution in [0.4, 0.5) is 18.0 Å². The molecule has 0 bridgehead atoms. The lowest BCUT2D eigenvalue weighted by Crippen LogP contribution is -2.38. The molecule has 10 heteroatoms. The Hall–Kier alpha value is -3.04. The number of nitrogens with zero attached hydrogens (tertiary/aromatic N) is 3. The van der Waals surface area contributed by atoms with Crippen LogP contribution < -0.4 is 10.3 Å². The molecule has 0 radical (unpaired) electrons. The molecule has 7 nitrogen and oxygen atoms in total. The van der Waals surface area contributed by atoms with Gasteiger partial charge in [0.05, 0.1) is 25.4 Å². The van der Waals surface area contributed by atoms with Gasteiger partial charge in [0.15, 0.2) is 0 Å². The van der Waals surface area contributed by atoms with Gasteiger partial charge in [-0.15, -0.1) is 0 Å². The number of alkyl halides is 3. The number of methoxy groups -OCH3 is 1. The molecule has 2 heterocycles. The lowest BCUT2D eigenvalue weighted by atomic mass is 10.1. The summed E-state index contributed by atoms with van der Waals surface area (Å²) in [5.41, 5.74) is -2.71. The molecule has 0 spiro atoms. The van der Waals surface area contributed by atoms with Crippen LogP contribution in [0.1, 0.15) is 56.5 Å². The van der Waals surface area contributed by atoms with Crippen molar-refractivity contribution < 1.29 is 27.4 Å². The predicted octanol–water partition coefficient (Wildman–Crippen LogP) is 4.39. The first-order valence-electron chi connectivity index (χ1n) is 10.2. The van der Waals surface area contributed by atoms with Gasteiger partial charge in [0.25, 0.3) is 5.56 Å². The lowest BCUT2D eigenvalue weighted by molar-refractivity contribution is -0.139. The summed E-state index contributed by atoms with van der Waals surface area (Å²) in [5, 5.41) is 4.22. The maximum absolute atomic E-state index is 13.6. The van der Waals surface area contributed by atoms with E-state index in [0.717, 1.165) is 10.7 Å². The van der Waals surface area contributed by atoms with Crippen molar-refractivity contribution in [3.63, 3.8) is 0 Å². The smallest absolute Gasteiger partial charge is 0.421 e. The van der Waals surface area contributed by atoms with Crippen molar-refractivity contribution in [3.05, 3.63) is 57.5 Å². The van der Waals surface area contributed by atoms with Gasteiger partial charge < -0.3 is 9.47 Å². The number of carbonyl (C=O) groups excluding carboxylic acids is 1. The number of likely N-dealkylation sites (tertiary alicyclic amines) is 1. The van der Waals surface area contributed by atoms with Crippen molar-refractivity contribution in [2.75, 3.05) is 13.7 Å². The third kappa shape index (κ3) is 5.41. The number of hydrogen-bond acceptors (Lipinski definition) is 5. The number of aromatic nitrogens is 2. The van der Waals surface area contributed by atoms with Crippen molar-refractivity contribution in [3.8, 4) is 5.75 Å². The number of halogens is 3. The molecule has 1 aromatic heterocycles. The van der Waals surface area contributed by atoms with Gasteiger partial charge in [-0.3, -0.25) is 9.69 Å². The van der Waals surface area contributed by atoms with Gasteiger partial charge >= 0.3 is 12.3 Å². The number of amides is 1. The first-order valence-corrected chi connectivity index (χ1v) is 10.2. The molecule has 1 aliphatic heterocycles. The second kappa shape index (κ2) is 8.84. The summed E-state index contributed by atoms with van der Waals surface area (Å²) in [5.74, 6) is 0.581. The van der Waals surface area contributed by atoms with Crippen LogP contribution in [0.15, 0.2) is 35.1 Å². The highest BCUT2D eigenvalue weighted by Gasteiger charge is 2.39. The number of hydrogen-bond donors (Lipinski definition) is 0. The number of rotatable bonds is 4. The summed E-state index contributed by atoms with van der Waals surface area (Å²) in [6, 6.07) is 6.63. The maximum Gasteiger partial charge on any atom is 0.421 e. The fourth-order valence-corrected chi connectivity index (χ4v) is 3.55. The largest absolute Gasteiger partial charge is 0.497 e. The second-order valence-corrected chi connectivity index (χ2v) is 8.62. The van der Waals surface area contributed by atoms with Gasteiger partial charge in [-0.05, 0) is 57.4 Å². The number of benzene rings is 1. The van der Waals surface area contributed by atoms with E-state index in [1.807, 2.05) is 0 Å². The molecule has 0 aliphatic carbocycles. The van der Waals surface area contributed by atoms with E-state index < -0.39 is 35.0 Å². The second-order valence-electron chi connectivity index (χ2n) is 8.62. The van der Waals surface area contributed by atoms with Crippen molar-refractivity contribution in [1.82, 2.24) is 14.7 Å². The van der Waals surface area contributed by atoms with E-state index in [4.69, 9.17) is 9.47 Å². The van der Waals surface area contributed by atoms with Crippen molar-refractivity contribution in [1.29, 1.82) is 0 Å². The van der Waals surface area contributed by atoms with E-state index in [2.05, 4.69) is 5.10 Å². The molecule has 1 unspecified atom stereocenters. The highest BCUT2D eigenvalue weighted by Crippen LogP contribution is 2.34. The van der Waals surface area contributed by atoms with Crippen LogP contribution in [0.25, 0.3) is 0 Å². The molecule has 1 amide bonds. The molecule has 0 saturated carbocycles. The molecular formula is C22H26F3N3O4. The molecule has 3 rings (SSSR count). The standard InChI is InChI=1S/C22H26F3N3O4/c1-21(2,3)32-20(30)27-11-5-6-18(27)17-12-16(22(23,24)25)19(29)28(26-17)13-14-7-9-15(31-4)10-8-14/h7-10,12,18H,5-6,11,13H2,1-4H3. The SMILES string of the molecule is COc1ccc(Cn2nc(C3CCCN3C(=O)OC(C)(C)C)cc(C(F)(F)F)c2=O)cc1. The highest BCUT2D eigenvalue weighted by molar-refractivity contribution is 5.69. The Bertz CT molecular complexity index is 1030. The predicted molar refractivity (Wildman–Crippen MR) is 111 cm³/mol. The Morgan fingerprint density at radius 3 is 2.41 bits per heavy atom. The van der Waals surface area contributed by atoms with Crippen molar-refractivity contribution in [2.24, 2.45) is 0 Å². The van der Waals surface area contributed by atoms with E-state index in [-0.39, 0.29) is 12.2 Å². The Balaban J connectivity index is 2.00. The first kappa shape index (κ1) is 23.6. The molecule has 0 N–H and O–H groups in total. The average molecular weight is 453 g/mol. The normalized spacial score (nSPS) is 16.8. The zero-order valence-electron chi connectivity index (χ0n) is 18.4. The summed E-state index contributed by atoms with van der Waals surface area (Å²) in [7, 11) is 1.50. The van der Waals surface area contributed by atoms with Crippen LogP contribution in [-0.4, -0.2) is 40.0 Å². The first-order chi connectivity index (χ1) is 14.9. The lowest BCUT2D eigenvalue weighted by Gasteiger charge is -2.28. The quantitative estimate of drug-likeness (QED) is 0.687. The molecule has 2 aromatic rings. The topological polar surface area (TPSA) is 73.7 Å². The van der Waals surface area contributed by atoms with Gasteiger partial charge in [-0.2, -0.15) is 18.3 Å². The summed E-state index contributed by atoms with van der Waals surface area (Å²) in [6.07, 6.45) is -4.47. The summed E-state index contributed by atoms with van der Waals surface area (Å²) < 4.78 is 52.2. The summed E-state index contributed by atoms with van der Waals surface area (Å²) in [4.78, 5) is 26.5. The number of carbonyl (C=O) groups is 1. The Labute approximate surface area is 183 Å². The van der Waals surface area contributed by atoms with Gasteiger partial charge in [0, 0.05) is 6.54 Å². The zero-order chi connectivity index (χ0) is 23.7. The van der Waals surface area contributed by atoms with E-state index in [1.165, 1.54) is 12.0 Å². The van der Waals surface area contributed by atoms with Crippen LogP contribution in [0, 0.1) is 0 Å². The molecule has 32 heavy (non-hydrogen) atoms. The van der Waals surface area contributed by atoms with Crippen LogP contribution in [0.2, 0.25) is 0 Å².